The monoisotopic (exact) mass is 341 g/mol. The molecule has 3 rings (SSSR count). The normalized spacial score (nSPS) is 11.6. The Labute approximate surface area is 144 Å². The van der Waals surface area contributed by atoms with Gasteiger partial charge in [-0.15, -0.1) is 0 Å². The second-order valence-corrected chi connectivity index (χ2v) is 6.29. The van der Waals surface area contributed by atoms with Crippen LogP contribution >= 0.6 is 0 Å². The van der Waals surface area contributed by atoms with Gasteiger partial charge in [0, 0.05) is 29.3 Å². The Morgan fingerprint density at radius 3 is 2.76 bits per heavy atom. The van der Waals surface area contributed by atoms with Crippen molar-refractivity contribution in [1.82, 2.24) is 14.3 Å². The fourth-order valence-electron chi connectivity index (χ4n) is 2.66. The number of aromatic nitrogens is 3. The molecule has 0 saturated carbocycles. The molecule has 3 aromatic rings. The summed E-state index contributed by atoms with van der Waals surface area (Å²) in [6, 6.07) is 7.70. The smallest absolute Gasteiger partial charge is 0.307 e. The molecule has 2 aromatic heterocycles. The van der Waals surface area contributed by atoms with E-state index in [0.717, 1.165) is 23.6 Å². The zero-order valence-corrected chi connectivity index (χ0v) is 14.3. The van der Waals surface area contributed by atoms with E-state index in [1.165, 1.54) is 10.9 Å². The molecule has 0 aliphatic heterocycles. The molecule has 0 radical (unpaired) electrons. The minimum atomic E-state index is -1.07. The first-order valence-corrected chi connectivity index (χ1v) is 7.93. The van der Waals surface area contributed by atoms with Crippen molar-refractivity contribution in [1.29, 1.82) is 0 Å². The van der Waals surface area contributed by atoms with E-state index in [1.54, 1.807) is 13.8 Å². The van der Waals surface area contributed by atoms with Crippen LogP contribution in [0.15, 0.2) is 42.9 Å². The molecule has 130 valence electrons. The highest BCUT2D eigenvalue weighted by molar-refractivity contribution is 5.98. The summed E-state index contributed by atoms with van der Waals surface area (Å²) in [6.45, 7) is 6.26. The molecule has 0 atom stereocenters. The highest BCUT2D eigenvalue weighted by Gasteiger charge is 2.32. The number of hydrogen-bond donors (Lipinski definition) is 1. The highest BCUT2D eigenvalue weighted by Crippen LogP contribution is 2.24. The number of nitro groups is 1. The van der Waals surface area contributed by atoms with Crippen molar-refractivity contribution in [2.45, 2.75) is 32.9 Å². The number of carbonyl (C=O) groups is 1. The third-order valence-electron chi connectivity index (χ3n) is 4.28. The molecule has 0 aliphatic carbocycles. The number of aryl methyl sites for hydroxylation is 1. The van der Waals surface area contributed by atoms with Crippen LogP contribution in [0.4, 0.5) is 11.4 Å². The minimum absolute atomic E-state index is 0.150. The molecule has 0 aliphatic rings. The minimum Gasteiger partial charge on any atom is -0.348 e. The number of rotatable bonds is 5. The Balaban J connectivity index is 1.83. The maximum Gasteiger partial charge on any atom is 0.307 e. The van der Waals surface area contributed by atoms with E-state index in [-0.39, 0.29) is 11.6 Å². The predicted octanol–water partition coefficient (Wildman–Crippen LogP) is 3.14. The van der Waals surface area contributed by atoms with Crippen LogP contribution in [0, 0.1) is 10.1 Å². The fraction of sp³-hybridized carbons (Fsp3) is 0.294. The van der Waals surface area contributed by atoms with Crippen LogP contribution in [0.1, 0.15) is 20.8 Å². The third kappa shape index (κ3) is 2.98. The molecule has 2 heterocycles. The molecule has 0 spiro atoms. The summed E-state index contributed by atoms with van der Waals surface area (Å²) >= 11 is 0. The molecular weight excluding hydrogens is 322 g/mol. The number of anilines is 1. The lowest BCUT2D eigenvalue weighted by Gasteiger charge is -2.23. The van der Waals surface area contributed by atoms with Gasteiger partial charge in [-0.25, -0.2) is 0 Å². The van der Waals surface area contributed by atoms with Crippen LogP contribution in [0.5, 0.6) is 0 Å². The van der Waals surface area contributed by atoms with Crippen LogP contribution in [-0.4, -0.2) is 25.2 Å². The van der Waals surface area contributed by atoms with E-state index in [0.29, 0.717) is 5.69 Å². The van der Waals surface area contributed by atoms with Crippen molar-refractivity contribution in [3.8, 4) is 0 Å². The molecule has 0 unspecified atom stereocenters. The Morgan fingerprint density at radius 1 is 1.36 bits per heavy atom. The van der Waals surface area contributed by atoms with E-state index in [1.807, 2.05) is 30.5 Å². The number of benzene rings is 1. The summed E-state index contributed by atoms with van der Waals surface area (Å²) in [4.78, 5) is 22.9. The third-order valence-corrected chi connectivity index (χ3v) is 4.28. The molecule has 8 nitrogen and oxygen atoms in total. The summed E-state index contributed by atoms with van der Waals surface area (Å²) in [5.41, 5.74) is 0.546. The van der Waals surface area contributed by atoms with Crippen LogP contribution in [0.2, 0.25) is 0 Å². The van der Waals surface area contributed by atoms with Gasteiger partial charge in [0.2, 0.25) is 0 Å². The van der Waals surface area contributed by atoms with E-state index < -0.39 is 10.5 Å². The zero-order valence-electron chi connectivity index (χ0n) is 14.3. The van der Waals surface area contributed by atoms with Gasteiger partial charge in [0.05, 0.1) is 4.92 Å². The quantitative estimate of drug-likeness (QED) is 0.569. The van der Waals surface area contributed by atoms with Gasteiger partial charge in [0.25, 0.3) is 5.91 Å². The van der Waals surface area contributed by atoms with Gasteiger partial charge in [0.15, 0.2) is 0 Å². The highest BCUT2D eigenvalue weighted by atomic mass is 16.6. The van der Waals surface area contributed by atoms with Crippen molar-refractivity contribution in [2.75, 3.05) is 5.32 Å². The fourth-order valence-corrected chi connectivity index (χ4v) is 2.66. The van der Waals surface area contributed by atoms with Gasteiger partial charge in [-0.1, -0.05) is 0 Å². The Morgan fingerprint density at radius 2 is 2.12 bits per heavy atom. The number of hydrogen-bond acceptors (Lipinski definition) is 4. The zero-order chi connectivity index (χ0) is 18.2. The lowest BCUT2D eigenvalue weighted by molar-refractivity contribution is -0.385. The summed E-state index contributed by atoms with van der Waals surface area (Å²) < 4.78 is 3.42. The van der Waals surface area contributed by atoms with Crippen molar-refractivity contribution in [3.63, 3.8) is 0 Å². The van der Waals surface area contributed by atoms with E-state index >= 15 is 0 Å². The van der Waals surface area contributed by atoms with E-state index in [9.17, 15) is 14.9 Å². The average molecular weight is 341 g/mol. The van der Waals surface area contributed by atoms with Gasteiger partial charge in [0.1, 0.15) is 17.9 Å². The topological polar surface area (TPSA) is 95.0 Å². The number of nitrogens with one attached hydrogen (secondary N) is 1. The second kappa shape index (κ2) is 6.04. The average Bonchev–Trinajstić information content (AvgIpc) is 3.21. The van der Waals surface area contributed by atoms with Gasteiger partial charge in [-0.05, 0) is 45.0 Å². The standard InChI is InChI=1S/C17H19N5O3/c1-4-20-8-7-12-9-13(5-6-15(12)20)19-16(23)17(2,3)21-11-14(10-18-21)22(24)25/h5-11H,4H2,1-3H3,(H,19,23). The Bertz CT molecular complexity index is 954. The van der Waals surface area contributed by atoms with Crippen molar-refractivity contribution in [2.24, 2.45) is 0 Å². The largest absolute Gasteiger partial charge is 0.348 e. The first-order valence-electron chi connectivity index (χ1n) is 7.93. The molecule has 1 aromatic carbocycles. The van der Waals surface area contributed by atoms with Crippen molar-refractivity contribution >= 4 is 28.2 Å². The first-order chi connectivity index (χ1) is 11.8. The first kappa shape index (κ1) is 16.7. The van der Waals surface area contributed by atoms with Gasteiger partial charge >= 0.3 is 5.69 Å². The SMILES string of the molecule is CCn1ccc2cc(NC(=O)C(C)(C)n3cc([N+](=O)[O-])cn3)ccc21. The van der Waals surface area contributed by atoms with Crippen molar-refractivity contribution in [3.05, 3.63) is 53.0 Å². The summed E-state index contributed by atoms with van der Waals surface area (Å²) in [5.74, 6) is -0.306. The van der Waals surface area contributed by atoms with Crippen LogP contribution in [0.25, 0.3) is 10.9 Å². The maximum absolute atomic E-state index is 12.7. The van der Waals surface area contributed by atoms with Crippen LogP contribution < -0.4 is 5.32 Å². The van der Waals surface area contributed by atoms with E-state index in [2.05, 4.69) is 21.9 Å². The number of amides is 1. The van der Waals surface area contributed by atoms with Crippen LogP contribution in [-0.2, 0) is 16.9 Å². The number of nitrogens with zero attached hydrogens (tertiary/aromatic N) is 4. The Kier molecular flexibility index (Phi) is 4.03. The molecule has 0 fully saturated rings. The molecule has 0 saturated heterocycles. The van der Waals surface area contributed by atoms with E-state index in [4.69, 9.17) is 0 Å². The van der Waals surface area contributed by atoms with Crippen molar-refractivity contribution < 1.29 is 9.72 Å². The molecular formula is C17H19N5O3. The lowest BCUT2D eigenvalue weighted by Crippen LogP contribution is -2.40. The summed E-state index contributed by atoms with van der Waals surface area (Å²) in [7, 11) is 0. The molecule has 0 bridgehead atoms. The second-order valence-electron chi connectivity index (χ2n) is 6.29. The molecule has 1 amide bonds. The Hall–Kier alpha value is -3.16. The van der Waals surface area contributed by atoms with Gasteiger partial charge in [-0.2, -0.15) is 5.10 Å². The molecule has 8 heteroatoms. The van der Waals surface area contributed by atoms with Gasteiger partial charge in [-0.3, -0.25) is 19.6 Å². The van der Waals surface area contributed by atoms with Crippen LogP contribution in [0.3, 0.4) is 0 Å². The number of fused-ring (bicyclic) bond motifs is 1. The lowest BCUT2D eigenvalue weighted by atomic mass is 10.0. The summed E-state index contributed by atoms with van der Waals surface area (Å²) in [5, 5.41) is 18.6. The molecule has 25 heavy (non-hydrogen) atoms. The molecule has 1 N–H and O–H groups in total. The predicted molar refractivity (Wildman–Crippen MR) is 94.4 cm³/mol. The number of carbonyl (C=O) groups excluding carboxylic acids is 1. The van der Waals surface area contributed by atoms with Gasteiger partial charge < -0.3 is 9.88 Å². The summed E-state index contributed by atoms with van der Waals surface area (Å²) in [6.07, 6.45) is 4.39. The maximum atomic E-state index is 12.7.